The largest absolute Gasteiger partial charge is 0.414 e. The second-order valence-electron chi connectivity index (χ2n) is 7.90. The molecule has 0 amide bonds. The Morgan fingerprint density at radius 2 is 1.18 bits per heavy atom. The van der Waals surface area contributed by atoms with Crippen LogP contribution in [0.3, 0.4) is 0 Å². The Bertz CT molecular complexity index is 238. The van der Waals surface area contributed by atoms with Crippen LogP contribution in [0.1, 0.15) is 105 Å². The highest BCUT2D eigenvalue weighted by atomic mass is 28.4. The summed E-state index contributed by atoms with van der Waals surface area (Å²) >= 11 is 0. The molecule has 0 spiro atoms. The van der Waals surface area contributed by atoms with Gasteiger partial charge in [0.05, 0.1) is 0 Å². The minimum Gasteiger partial charge on any atom is -0.414 e. The molecule has 0 fully saturated rings. The van der Waals surface area contributed by atoms with Crippen molar-refractivity contribution in [2.24, 2.45) is 0 Å². The van der Waals surface area contributed by atoms with Crippen molar-refractivity contribution in [3.8, 4) is 0 Å². The molecule has 0 radical (unpaired) electrons. The molecule has 0 aromatic heterocycles. The molecule has 0 aliphatic rings. The van der Waals surface area contributed by atoms with E-state index in [0.29, 0.717) is 6.10 Å². The minimum atomic E-state index is -1.48. The fraction of sp³-hybridized carbons (Fsp3) is 1.00. The Kier molecular flexibility index (Phi) is 13.7. The smallest absolute Gasteiger partial charge is 0.189 e. The summed E-state index contributed by atoms with van der Waals surface area (Å²) in [5.74, 6) is 0. The van der Waals surface area contributed by atoms with Crippen LogP contribution in [-0.2, 0) is 4.43 Å². The maximum atomic E-state index is 6.55. The van der Waals surface area contributed by atoms with Crippen molar-refractivity contribution in [2.75, 3.05) is 0 Å². The van der Waals surface area contributed by atoms with E-state index in [-0.39, 0.29) is 0 Å². The van der Waals surface area contributed by atoms with Crippen LogP contribution in [0.2, 0.25) is 18.6 Å². The second-order valence-corrected chi connectivity index (χ2v) is 12.5. The van der Waals surface area contributed by atoms with Crippen molar-refractivity contribution >= 4 is 8.32 Å². The molecule has 2 heteroatoms. The van der Waals surface area contributed by atoms with E-state index in [1.54, 1.807) is 0 Å². The molecule has 0 aliphatic carbocycles. The maximum absolute atomic E-state index is 6.55. The third-order valence-corrected chi connectivity index (χ3v) is 8.82. The molecule has 0 N–H and O–H groups in total. The quantitative estimate of drug-likeness (QED) is 0.221. The summed E-state index contributed by atoms with van der Waals surface area (Å²) in [6.45, 7) is 14.0. The molecule has 1 atom stereocenters. The van der Waals surface area contributed by atoms with Crippen molar-refractivity contribution in [2.45, 2.75) is 129 Å². The minimum absolute atomic E-state index is 0.527. The fourth-order valence-corrected chi connectivity index (χ4v) is 4.20. The summed E-state index contributed by atoms with van der Waals surface area (Å²) in [6.07, 6.45) is 17.1. The van der Waals surface area contributed by atoms with Crippen molar-refractivity contribution in [1.82, 2.24) is 0 Å². The van der Waals surface area contributed by atoms with Gasteiger partial charge in [-0.15, -0.1) is 0 Å². The van der Waals surface area contributed by atoms with Gasteiger partial charge in [0.15, 0.2) is 8.32 Å². The molecule has 22 heavy (non-hydrogen) atoms. The number of hydrogen-bond acceptors (Lipinski definition) is 1. The first-order chi connectivity index (χ1) is 10.4. The van der Waals surface area contributed by atoms with Gasteiger partial charge in [-0.1, -0.05) is 91.9 Å². The van der Waals surface area contributed by atoms with E-state index in [0.717, 1.165) is 5.54 Å². The van der Waals surface area contributed by atoms with Gasteiger partial charge in [0.1, 0.15) is 0 Å². The van der Waals surface area contributed by atoms with Crippen LogP contribution >= 0.6 is 0 Å². The highest BCUT2D eigenvalue weighted by molar-refractivity contribution is 6.72. The molecule has 0 heterocycles. The van der Waals surface area contributed by atoms with Gasteiger partial charge in [0.25, 0.3) is 0 Å². The lowest BCUT2D eigenvalue weighted by molar-refractivity contribution is 0.163. The Labute approximate surface area is 142 Å². The fourth-order valence-electron chi connectivity index (χ4n) is 2.83. The molecule has 1 unspecified atom stereocenters. The Morgan fingerprint density at radius 3 is 1.64 bits per heavy atom. The second kappa shape index (κ2) is 13.6. The van der Waals surface area contributed by atoms with E-state index >= 15 is 0 Å². The van der Waals surface area contributed by atoms with E-state index in [4.69, 9.17) is 4.43 Å². The van der Waals surface area contributed by atoms with Crippen molar-refractivity contribution in [3.05, 3.63) is 0 Å². The van der Waals surface area contributed by atoms with Crippen LogP contribution in [0.5, 0.6) is 0 Å². The van der Waals surface area contributed by atoms with E-state index in [2.05, 4.69) is 40.8 Å². The number of hydrogen-bond donors (Lipinski definition) is 0. The monoisotopic (exact) mass is 328 g/mol. The van der Waals surface area contributed by atoms with Gasteiger partial charge < -0.3 is 4.43 Å². The molecule has 0 bridgehead atoms. The molecule has 0 rings (SSSR count). The number of rotatable bonds is 15. The van der Waals surface area contributed by atoms with E-state index in [1.165, 1.54) is 77.0 Å². The van der Waals surface area contributed by atoms with Crippen LogP contribution in [0.4, 0.5) is 0 Å². The standard InChI is InChI=1S/C20H44OSi/c1-7-9-10-11-12-13-14-15-16-18-20(17-8-2)21-22(5,6)19(3)4/h19-20H,7-18H2,1-6H3. The van der Waals surface area contributed by atoms with E-state index in [1.807, 2.05) is 0 Å². The maximum Gasteiger partial charge on any atom is 0.189 e. The van der Waals surface area contributed by atoms with Crippen molar-refractivity contribution in [3.63, 3.8) is 0 Å². The molecule has 0 saturated carbocycles. The third kappa shape index (κ3) is 11.7. The van der Waals surface area contributed by atoms with Crippen LogP contribution in [0, 0.1) is 0 Å². The Hall–Kier alpha value is 0.177. The van der Waals surface area contributed by atoms with Gasteiger partial charge in [0, 0.05) is 6.10 Å². The normalized spacial score (nSPS) is 13.8. The lowest BCUT2D eigenvalue weighted by Crippen LogP contribution is -2.38. The zero-order valence-electron chi connectivity index (χ0n) is 16.5. The predicted octanol–water partition coefficient (Wildman–Crippen LogP) is 7.71. The summed E-state index contributed by atoms with van der Waals surface area (Å²) in [6, 6.07) is 0. The van der Waals surface area contributed by atoms with Crippen LogP contribution in [-0.4, -0.2) is 14.4 Å². The summed E-state index contributed by atoms with van der Waals surface area (Å²) in [4.78, 5) is 0. The highest BCUT2D eigenvalue weighted by Crippen LogP contribution is 2.26. The predicted molar refractivity (Wildman–Crippen MR) is 104 cm³/mol. The average molecular weight is 329 g/mol. The van der Waals surface area contributed by atoms with Crippen molar-refractivity contribution in [1.29, 1.82) is 0 Å². The zero-order chi connectivity index (χ0) is 16.8. The molecule has 0 aromatic rings. The molecule has 1 nitrogen and oxygen atoms in total. The lowest BCUT2D eigenvalue weighted by atomic mass is 10.0. The highest BCUT2D eigenvalue weighted by Gasteiger charge is 2.29. The number of unbranched alkanes of at least 4 members (excludes halogenated alkanes) is 8. The Balaban J connectivity index is 3.74. The zero-order valence-corrected chi connectivity index (χ0v) is 17.5. The van der Waals surface area contributed by atoms with Gasteiger partial charge in [-0.3, -0.25) is 0 Å². The summed E-state index contributed by atoms with van der Waals surface area (Å²) < 4.78 is 6.55. The van der Waals surface area contributed by atoms with E-state index < -0.39 is 8.32 Å². The van der Waals surface area contributed by atoms with Gasteiger partial charge >= 0.3 is 0 Å². The van der Waals surface area contributed by atoms with Crippen LogP contribution in [0.15, 0.2) is 0 Å². The van der Waals surface area contributed by atoms with Crippen LogP contribution < -0.4 is 0 Å². The van der Waals surface area contributed by atoms with Gasteiger partial charge in [0.2, 0.25) is 0 Å². The summed E-state index contributed by atoms with van der Waals surface area (Å²) in [7, 11) is -1.48. The molecular weight excluding hydrogens is 284 g/mol. The topological polar surface area (TPSA) is 9.23 Å². The average Bonchev–Trinajstić information content (AvgIpc) is 2.45. The lowest BCUT2D eigenvalue weighted by Gasteiger charge is -2.32. The molecule has 0 aliphatic heterocycles. The molecule has 0 aromatic carbocycles. The SMILES string of the molecule is CCCCCCCCCCCC(CCC)O[Si](C)(C)C(C)C. The van der Waals surface area contributed by atoms with Gasteiger partial charge in [-0.25, -0.2) is 0 Å². The summed E-state index contributed by atoms with van der Waals surface area (Å²) in [5.41, 5.74) is 0.718. The van der Waals surface area contributed by atoms with E-state index in [9.17, 15) is 0 Å². The Morgan fingerprint density at radius 1 is 0.682 bits per heavy atom. The molecule has 134 valence electrons. The summed E-state index contributed by atoms with van der Waals surface area (Å²) in [5, 5.41) is 0. The first-order valence-electron chi connectivity index (χ1n) is 10.1. The van der Waals surface area contributed by atoms with Crippen molar-refractivity contribution < 1.29 is 4.43 Å². The first kappa shape index (κ1) is 22.2. The van der Waals surface area contributed by atoms with Gasteiger partial charge in [-0.2, -0.15) is 0 Å². The van der Waals surface area contributed by atoms with Crippen LogP contribution in [0.25, 0.3) is 0 Å². The van der Waals surface area contributed by atoms with Gasteiger partial charge in [-0.05, 0) is 31.5 Å². The first-order valence-corrected chi connectivity index (χ1v) is 13.1. The third-order valence-electron chi connectivity index (χ3n) is 5.10. The molecule has 0 saturated heterocycles. The molecular formula is C20H44OSi.